The minimum atomic E-state index is -0.223. The van der Waals surface area contributed by atoms with Gasteiger partial charge in [0.25, 0.3) is 0 Å². The summed E-state index contributed by atoms with van der Waals surface area (Å²) in [6, 6.07) is 1.89. The first-order valence-corrected chi connectivity index (χ1v) is 6.90. The Morgan fingerprint density at radius 1 is 1.32 bits per heavy atom. The van der Waals surface area contributed by atoms with E-state index in [9.17, 15) is 0 Å². The SMILES string of the molecule is CC1(C)CN(c2ncc(CN)cc2Cl)CC(C)(C)O1. The molecule has 4 nitrogen and oxygen atoms in total. The molecule has 2 heterocycles. The smallest absolute Gasteiger partial charge is 0.147 e. The zero-order valence-electron chi connectivity index (χ0n) is 12.0. The Morgan fingerprint density at radius 2 is 1.89 bits per heavy atom. The van der Waals surface area contributed by atoms with E-state index < -0.39 is 0 Å². The highest BCUT2D eigenvalue weighted by Crippen LogP contribution is 2.33. The number of hydrogen-bond donors (Lipinski definition) is 1. The van der Waals surface area contributed by atoms with Gasteiger partial charge in [-0.3, -0.25) is 0 Å². The van der Waals surface area contributed by atoms with E-state index in [1.165, 1.54) is 0 Å². The lowest BCUT2D eigenvalue weighted by Crippen LogP contribution is -2.57. The number of ether oxygens (including phenoxy) is 1. The van der Waals surface area contributed by atoms with Gasteiger partial charge in [-0.1, -0.05) is 11.6 Å². The normalized spacial score (nSPS) is 21.5. The maximum Gasteiger partial charge on any atom is 0.147 e. The van der Waals surface area contributed by atoms with E-state index in [4.69, 9.17) is 22.1 Å². The standard InChI is InChI=1S/C14H22ClN3O/c1-13(2)8-18(9-14(3,4)19-13)12-11(15)5-10(6-16)7-17-12/h5,7H,6,8-9,16H2,1-4H3. The molecular formula is C14H22ClN3O. The third-order valence-corrected chi connectivity index (χ3v) is 3.39. The van der Waals surface area contributed by atoms with E-state index in [0.29, 0.717) is 11.6 Å². The van der Waals surface area contributed by atoms with Crippen LogP contribution in [-0.4, -0.2) is 29.3 Å². The Balaban J connectivity index is 2.31. The van der Waals surface area contributed by atoms with Crippen molar-refractivity contribution < 1.29 is 4.74 Å². The quantitative estimate of drug-likeness (QED) is 0.906. The van der Waals surface area contributed by atoms with Gasteiger partial charge in [-0.25, -0.2) is 4.98 Å². The van der Waals surface area contributed by atoms with Crippen LogP contribution in [0.1, 0.15) is 33.3 Å². The van der Waals surface area contributed by atoms with Crippen LogP contribution in [0, 0.1) is 0 Å². The van der Waals surface area contributed by atoms with E-state index in [1.807, 2.05) is 6.07 Å². The number of aromatic nitrogens is 1. The summed E-state index contributed by atoms with van der Waals surface area (Å²) in [4.78, 5) is 6.65. The number of nitrogens with zero attached hydrogens (tertiary/aromatic N) is 2. The molecule has 0 spiro atoms. The fraction of sp³-hybridized carbons (Fsp3) is 0.643. The molecule has 1 aromatic heterocycles. The summed E-state index contributed by atoms with van der Waals surface area (Å²) in [7, 11) is 0. The van der Waals surface area contributed by atoms with E-state index >= 15 is 0 Å². The molecule has 106 valence electrons. The molecular weight excluding hydrogens is 262 g/mol. The van der Waals surface area contributed by atoms with Crippen molar-refractivity contribution in [3.63, 3.8) is 0 Å². The van der Waals surface area contributed by atoms with Crippen LogP contribution in [0.15, 0.2) is 12.3 Å². The average Bonchev–Trinajstić information content (AvgIpc) is 2.24. The molecule has 0 radical (unpaired) electrons. The van der Waals surface area contributed by atoms with Gasteiger partial charge >= 0.3 is 0 Å². The van der Waals surface area contributed by atoms with Crippen molar-refractivity contribution in [2.24, 2.45) is 5.73 Å². The minimum absolute atomic E-state index is 0.223. The number of halogens is 1. The molecule has 0 aliphatic carbocycles. The third-order valence-electron chi connectivity index (χ3n) is 3.11. The predicted octanol–water partition coefficient (Wildman–Crippen LogP) is 2.59. The molecule has 0 bridgehead atoms. The first kappa shape index (κ1) is 14.6. The zero-order valence-corrected chi connectivity index (χ0v) is 12.8. The Kier molecular flexibility index (Phi) is 3.78. The summed E-state index contributed by atoms with van der Waals surface area (Å²) in [6.45, 7) is 10.3. The topological polar surface area (TPSA) is 51.4 Å². The first-order chi connectivity index (χ1) is 8.72. The van der Waals surface area contributed by atoms with E-state index in [2.05, 4.69) is 37.6 Å². The molecule has 0 atom stereocenters. The van der Waals surface area contributed by atoms with Crippen LogP contribution < -0.4 is 10.6 Å². The molecule has 1 aliphatic rings. The fourth-order valence-corrected chi connectivity index (χ4v) is 3.06. The Bertz CT molecular complexity index is 458. The number of rotatable bonds is 2. The Morgan fingerprint density at radius 3 is 2.37 bits per heavy atom. The summed E-state index contributed by atoms with van der Waals surface area (Å²) in [6.07, 6.45) is 1.79. The minimum Gasteiger partial charge on any atom is -0.366 e. The molecule has 0 aromatic carbocycles. The second-order valence-electron chi connectivity index (χ2n) is 6.33. The molecule has 1 aromatic rings. The highest BCUT2D eigenvalue weighted by atomic mass is 35.5. The van der Waals surface area contributed by atoms with Gasteiger partial charge in [-0.2, -0.15) is 0 Å². The lowest BCUT2D eigenvalue weighted by molar-refractivity contribution is -0.133. The van der Waals surface area contributed by atoms with Crippen molar-refractivity contribution in [3.8, 4) is 0 Å². The maximum absolute atomic E-state index is 6.33. The van der Waals surface area contributed by atoms with E-state index in [0.717, 1.165) is 24.5 Å². The molecule has 0 unspecified atom stereocenters. The highest BCUT2D eigenvalue weighted by molar-refractivity contribution is 6.33. The number of anilines is 1. The van der Waals surface area contributed by atoms with Gasteiger partial charge in [0.05, 0.1) is 16.2 Å². The van der Waals surface area contributed by atoms with Crippen molar-refractivity contribution in [2.75, 3.05) is 18.0 Å². The van der Waals surface area contributed by atoms with Crippen molar-refractivity contribution >= 4 is 17.4 Å². The molecule has 5 heteroatoms. The monoisotopic (exact) mass is 283 g/mol. The molecule has 2 rings (SSSR count). The molecule has 2 N–H and O–H groups in total. The highest BCUT2D eigenvalue weighted by Gasteiger charge is 2.39. The number of hydrogen-bond acceptors (Lipinski definition) is 4. The number of morpholine rings is 1. The van der Waals surface area contributed by atoms with Gasteiger partial charge in [-0.05, 0) is 39.3 Å². The summed E-state index contributed by atoms with van der Waals surface area (Å²) >= 11 is 6.33. The van der Waals surface area contributed by atoms with Gasteiger partial charge in [0.15, 0.2) is 0 Å². The molecule has 1 aliphatic heterocycles. The molecule has 1 fully saturated rings. The van der Waals surface area contributed by atoms with Crippen LogP contribution in [-0.2, 0) is 11.3 Å². The summed E-state index contributed by atoms with van der Waals surface area (Å²) in [5.74, 6) is 0.809. The van der Waals surface area contributed by atoms with E-state index in [1.54, 1.807) is 6.20 Å². The van der Waals surface area contributed by atoms with Crippen LogP contribution in [0.5, 0.6) is 0 Å². The lowest BCUT2D eigenvalue weighted by Gasteiger charge is -2.47. The van der Waals surface area contributed by atoms with Crippen LogP contribution >= 0.6 is 11.6 Å². The third kappa shape index (κ3) is 3.38. The number of pyridine rings is 1. The van der Waals surface area contributed by atoms with Crippen LogP contribution in [0.3, 0.4) is 0 Å². The summed E-state index contributed by atoms with van der Waals surface area (Å²) in [5.41, 5.74) is 6.10. The predicted molar refractivity (Wildman–Crippen MR) is 78.6 cm³/mol. The van der Waals surface area contributed by atoms with Gasteiger partial charge < -0.3 is 15.4 Å². The number of nitrogens with two attached hydrogens (primary N) is 1. The van der Waals surface area contributed by atoms with Gasteiger partial charge in [0.2, 0.25) is 0 Å². The second-order valence-corrected chi connectivity index (χ2v) is 6.74. The summed E-state index contributed by atoms with van der Waals surface area (Å²) < 4.78 is 6.07. The van der Waals surface area contributed by atoms with Crippen molar-refractivity contribution in [3.05, 3.63) is 22.8 Å². The average molecular weight is 284 g/mol. The van der Waals surface area contributed by atoms with Crippen molar-refractivity contribution in [1.29, 1.82) is 0 Å². The van der Waals surface area contributed by atoms with E-state index in [-0.39, 0.29) is 11.2 Å². The maximum atomic E-state index is 6.33. The summed E-state index contributed by atoms with van der Waals surface area (Å²) in [5, 5.41) is 0.649. The molecule has 0 saturated carbocycles. The molecule has 1 saturated heterocycles. The van der Waals surface area contributed by atoms with Crippen molar-refractivity contribution in [1.82, 2.24) is 4.98 Å². The Hall–Kier alpha value is -0.840. The lowest BCUT2D eigenvalue weighted by atomic mass is 9.99. The Labute approximate surface area is 119 Å². The van der Waals surface area contributed by atoms with Crippen LogP contribution in [0.25, 0.3) is 0 Å². The van der Waals surface area contributed by atoms with Crippen LogP contribution in [0.2, 0.25) is 5.02 Å². The van der Waals surface area contributed by atoms with Crippen molar-refractivity contribution in [2.45, 2.75) is 45.4 Å². The fourth-order valence-electron chi connectivity index (χ4n) is 2.75. The van der Waals surface area contributed by atoms with Gasteiger partial charge in [0.1, 0.15) is 5.82 Å². The zero-order chi connectivity index (χ0) is 14.3. The molecule has 0 amide bonds. The van der Waals surface area contributed by atoms with Gasteiger partial charge in [0, 0.05) is 25.8 Å². The second kappa shape index (κ2) is 4.93. The van der Waals surface area contributed by atoms with Gasteiger partial charge in [-0.15, -0.1) is 0 Å². The first-order valence-electron chi connectivity index (χ1n) is 6.52. The molecule has 19 heavy (non-hydrogen) atoms. The largest absolute Gasteiger partial charge is 0.366 e. The van der Waals surface area contributed by atoms with Crippen LogP contribution in [0.4, 0.5) is 5.82 Å².